The lowest BCUT2D eigenvalue weighted by molar-refractivity contribution is 0.0992. The summed E-state index contributed by atoms with van der Waals surface area (Å²) in [7, 11) is 0. The topological polar surface area (TPSA) is 109 Å². The van der Waals surface area contributed by atoms with Gasteiger partial charge in [0, 0.05) is 54.5 Å². The highest BCUT2D eigenvalue weighted by molar-refractivity contribution is 6.02. The van der Waals surface area contributed by atoms with Gasteiger partial charge in [-0.2, -0.15) is 0 Å². The Morgan fingerprint density at radius 2 is 1.82 bits per heavy atom. The molecule has 39 heavy (non-hydrogen) atoms. The molecule has 0 saturated carbocycles. The number of benzene rings is 1. The van der Waals surface area contributed by atoms with Gasteiger partial charge in [0.25, 0.3) is 5.91 Å². The quantitative estimate of drug-likeness (QED) is 0.236. The van der Waals surface area contributed by atoms with E-state index in [9.17, 15) is 4.79 Å². The van der Waals surface area contributed by atoms with E-state index in [0.717, 1.165) is 41.4 Å². The molecule has 0 atom stereocenters. The third-order valence-electron chi connectivity index (χ3n) is 6.22. The lowest BCUT2D eigenvalue weighted by atomic mass is 10.1. The van der Waals surface area contributed by atoms with E-state index >= 15 is 0 Å². The first kappa shape index (κ1) is 25.7. The fraction of sp³-hybridized carbons (Fsp3) is 0.167. The molecule has 0 unspecified atom stereocenters. The van der Waals surface area contributed by atoms with E-state index in [-0.39, 0.29) is 11.7 Å². The van der Waals surface area contributed by atoms with E-state index in [1.54, 1.807) is 37.1 Å². The van der Waals surface area contributed by atoms with E-state index < -0.39 is 0 Å². The van der Waals surface area contributed by atoms with Crippen LogP contribution in [0.4, 0.5) is 17.3 Å². The summed E-state index contributed by atoms with van der Waals surface area (Å²) < 4.78 is 5.89. The lowest BCUT2D eigenvalue weighted by Gasteiger charge is -2.19. The van der Waals surface area contributed by atoms with Crippen LogP contribution in [0.3, 0.4) is 0 Å². The number of pyridine rings is 2. The van der Waals surface area contributed by atoms with Crippen LogP contribution >= 0.6 is 0 Å². The fourth-order valence-electron chi connectivity index (χ4n) is 4.07. The highest BCUT2D eigenvalue weighted by atomic mass is 16.4. The molecule has 0 radical (unpaired) electrons. The molecule has 0 aliphatic carbocycles. The first-order valence-corrected chi connectivity index (χ1v) is 12.7. The van der Waals surface area contributed by atoms with Crippen molar-refractivity contribution in [1.82, 2.24) is 24.8 Å². The van der Waals surface area contributed by atoms with Crippen LogP contribution in [-0.2, 0) is 13.1 Å². The van der Waals surface area contributed by atoms with Crippen LogP contribution in [0.15, 0.2) is 96.1 Å². The Balaban J connectivity index is 1.24. The number of hydrogen-bond donors (Lipinski definition) is 2. The Kier molecular flexibility index (Phi) is 7.99. The van der Waals surface area contributed by atoms with Gasteiger partial charge >= 0.3 is 0 Å². The number of nitrogens with zero attached hydrogens (tertiary/aromatic N) is 5. The maximum Gasteiger partial charge on any atom is 0.291 e. The van der Waals surface area contributed by atoms with Gasteiger partial charge in [-0.05, 0) is 79.2 Å². The van der Waals surface area contributed by atoms with Crippen LogP contribution in [0, 0.1) is 6.92 Å². The summed E-state index contributed by atoms with van der Waals surface area (Å²) >= 11 is 0. The van der Waals surface area contributed by atoms with Gasteiger partial charge in [-0.25, -0.2) is 9.97 Å². The summed E-state index contributed by atoms with van der Waals surface area (Å²) in [4.78, 5) is 32.4. The lowest BCUT2D eigenvalue weighted by Crippen LogP contribution is -2.22. The second kappa shape index (κ2) is 12.1. The summed E-state index contributed by atoms with van der Waals surface area (Å²) in [6, 6.07) is 18.8. The van der Waals surface area contributed by atoms with Crippen molar-refractivity contribution in [3.8, 4) is 11.3 Å². The maximum atomic E-state index is 13.0. The predicted molar refractivity (Wildman–Crippen MR) is 150 cm³/mol. The normalized spacial score (nSPS) is 10.9. The first-order valence-electron chi connectivity index (χ1n) is 12.7. The second-order valence-corrected chi connectivity index (χ2v) is 9.04. The van der Waals surface area contributed by atoms with Gasteiger partial charge < -0.3 is 15.1 Å². The molecule has 1 amide bonds. The van der Waals surface area contributed by atoms with Crippen molar-refractivity contribution in [2.75, 3.05) is 17.2 Å². The number of aromatic nitrogens is 4. The van der Waals surface area contributed by atoms with Crippen molar-refractivity contribution >= 4 is 23.2 Å². The monoisotopic (exact) mass is 519 g/mol. The van der Waals surface area contributed by atoms with Crippen molar-refractivity contribution in [3.05, 3.63) is 114 Å². The molecule has 4 aromatic heterocycles. The molecule has 5 aromatic rings. The van der Waals surface area contributed by atoms with E-state index in [1.807, 2.05) is 61.5 Å². The molecule has 0 saturated heterocycles. The molecule has 4 heterocycles. The number of carbonyl (C=O) groups excluding carboxylic acids is 1. The summed E-state index contributed by atoms with van der Waals surface area (Å²) in [5.41, 5.74) is 5.23. The Labute approximate surface area is 227 Å². The van der Waals surface area contributed by atoms with Gasteiger partial charge in [0.05, 0.1) is 12.2 Å². The number of anilines is 3. The number of nitrogens with one attached hydrogen (secondary N) is 2. The highest BCUT2D eigenvalue weighted by Crippen LogP contribution is 2.25. The zero-order chi connectivity index (χ0) is 27.0. The van der Waals surface area contributed by atoms with Crippen LogP contribution in [0.5, 0.6) is 0 Å². The van der Waals surface area contributed by atoms with Crippen molar-refractivity contribution in [3.63, 3.8) is 0 Å². The van der Waals surface area contributed by atoms with Gasteiger partial charge in [-0.3, -0.25) is 19.7 Å². The summed E-state index contributed by atoms with van der Waals surface area (Å²) in [6.07, 6.45) is 8.76. The standard InChI is InChI=1S/C30H29N7O2/c1-3-37(19-22-10-14-31-15-11-22)20-25-8-9-28(39-25)29(38)34-24-7-6-21(2)27(17-24)36-30-33-16-12-26(35-30)23-5-4-13-32-18-23/h4-18H,3,19-20H2,1-2H3,(H,34,38)(H,33,35,36). The fourth-order valence-corrected chi connectivity index (χ4v) is 4.07. The Morgan fingerprint density at radius 3 is 2.62 bits per heavy atom. The second-order valence-electron chi connectivity index (χ2n) is 9.04. The molecule has 2 N–H and O–H groups in total. The van der Waals surface area contributed by atoms with Gasteiger partial charge in [0.1, 0.15) is 5.76 Å². The minimum atomic E-state index is -0.317. The molecule has 0 fully saturated rings. The van der Waals surface area contributed by atoms with Crippen LogP contribution < -0.4 is 10.6 Å². The number of carbonyl (C=O) groups is 1. The third kappa shape index (κ3) is 6.71. The summed E-state index contributed by atoms with van der Waals surface area (Å²) in [6.45, 7) is 6.29. The number of amides is 1. The molecule has 9 nitrogen and oxygen atoms in total. The molecule has 0 spiro atoms. The Hall–Kier alpha value is -4.89. The summed E-state index contributed by atoms with van der Waals surface area (Å²) in [5.74, 6) is 1.12. The first-order chi connectivity index (χ1) is 19.1. The van der Waals surface area contributed by atoms with Gasteiger partial charge in [-0.1, -0.05) is 13.0 Å². The minimum Gasteiger partial charge on any atom is -0.455 e. The van der Waals surface area contributed by atoms with Crippen molar-refractivity contribution < 1.29 is 9.21 Å². The summed E-state index contributed by atoms with van der Waals surface area (Å²) in [5, 5.41) is 6.19. The van der Waals surface area contributed by atoms with Crippen molar-refractivity contribution in [1.29, 1.82) is 0 Å². The molecule has 5 rings (SSSR count). The minimum absolute atomic E-state index is 0.257. The molecule has 0 aliphatic heterocycles. The number of hydrogen-bond acceptors (Lipinski definition) is 8. The van der Waals surface area contributed by atoms with Crippen LogP contribution in [0.1, 0.15) is 34.4 Å². The number of furan rings is 1. The Bertz CT molecular complexity index is 1540. The average molecular weight is 520 g/mol. The van der Waals surface area contributed by atoms with Crippen molar-refractivity contribution in [2.45, 2.75) is 26.9 Å². The molecule has 1 aromatic carbocycles. The van der Waals surface area contributed by atoms with Gasteiger partial charge in [-0.15, -0.1) is 0 Å². The molecular weight excluding hydrogens is 490 g/mol. The highest BCUT2D eigenvalue weighted by Gasteiger charge is 2.15. The number of aryl methyl sites for hydroxylation is 1. The van der Waals surface area contributed by atoms with Gasteiger partial charge in [0.15, 0.2) is 5.76 Å². The Morgan fingerprint density at radius 1 is 0.949 bits per heavy atom. The smallest absolute Gasteiger partial charge is 0.291 e. The van der Waals surface area contributed by atoms with Crippen molar-refractivity contribution in [2.24, 2.45) is 0 Å². The van der Waals surface area contributed by atoms with Crippen LogP contribution in [0.2, 0.25) is 0 Å². The SMILES string of the molecule is CCN(Cc1ccncc1)Cc1ccc(C(=O)Nc2ccc(C)c(Nc3nccc(-c4cccnc4)n3)c2)o1. The third-order valence-corrected chi connectivity index (χ3v) is 6.22. The van der Waals surface area contributed by atoms with E-state index in [0.29, 0.717) is 18.2 Å². The molecule has 9 heteroatoms. The number of rotatable bonds is 10. The van der Waals surface area contributed by atoms with Gasteiger partial charge in [0.2, 0.25) is 5.95 Å². The van der Waals surface area contributed by atoms with E-state index in [4.69, 9.17) is 4.42 Å². The van der Waals surface area contributed by atoms with E-state index in [1.165, 1.54) is 5.56 Å². The zero-order valence-corrected chi connectivity index (χ0v) is 21.8. The predicted octanol–water partition coefficient (Wildman–Crippen LogP) is 5.85. The average Bonchev–Trinajstić information content (AvgIpc) is 3.44. The maximum absolute atomic E-state index is 13.0. The zero-order valence-electron chi connectivity index (χ0n) is 21.8. The van der Waals surface area contributed by atoms with Crippen LogP contribution in [-0.4, -0.2) is 37.3 Å². The molecule has 196 valence electrons. The van der Waals surface area contributed by atoms with E-state index in [2.05, 4.69) is 42.4 Å². The largest absolute Gasteiger partial charge is 0.455 e. The molecule has 0 aliphatic rings. The molecule has 0 bridgehead atoms. The van der Waals surface area contributed by atoms with Crippen LogP contribution in [0.25, 0.3) is 11.3 Å². The molecular formula is C30H29N7O2.